The number of hydrogen-bond acceptors (Lipinski definition) is 5. The van der Waals surface area contributed by atoms with Crippen molar-refractivity contribution in [2.45, 2.75) is 44.4 Å². The number of thioether (sulfide) groups is 1. The Morgan fingerprint density at radius 3 is 2.60 bits per heavy atom. The Morgan fingerprint density at radius 1 is 1.20 bits per heavy atom. The first-order valence-electron chi connectivity index (χ1n) is 10.1. The Morgan fingerprint density at radius 2 is 1.93 bits per heavy atom. The molecule has 9 heteroatoms. The van der Waals surface area contributed by atoms with Crippen LogP contribution in [0.3, 0.4) is 0 Å². The minimum absolute atomic E-state index is 0.468. The number of aryl methyl sites for hydroxylation is 1. The minimum atomic E-state index is 0.468. The van der Waals surface area contributed by atoms with Crippen LogP contribution in [-0.2, 0) is 4.74 Å². The molecule has 1 aromatic carbocycles. The maximum absolute atomic E-state index is 6.32. The number of ether oxygens (including phenoxy) is 1. The maximum Gasteiger partial charge on any atom is 0.167 e. The van der Waals surface area contributed by atoms with Gasteiger partial charge in [0.25, 0.3) is 0 Å². The monoisotopic (exact) mass is 576 g/mol. The molecular weight excluding hydrogens is 550 g/mol. The molecule has 3 heterocycles. The lowest BCUT2D eigenvalue weighted by molar-refractivity contribution is 0.0853. The number of imidazole rings is 1. The van der Waals surface area contributed by atoms with Gasteiger partial charge >= 0.3 is 0 Å². The van der Waals surface area contributed by atoms with E-state index in [1.165, 1.54) is 10.5 Å². The number of aromatic nitrogens is 3. The average Bonchev–Trinajstić information content (AvgIpc) is 3.11. The van der Waals surface area contributed by atoms with E-state index in [1.54, 1.807) is 11.8 Å². The van der Waals surface area contributed by atoms with Crippen molar-refractivity contribution in [3.05, 3.63) is 40.8 Å². The van der Waals surface area contributed by atoms with Crippen molar-refractivity contribution in [3.63, 3.8) is 0 Å². The molecule has 0 bridgehead atoms. The van der Waals surface area contributed by atoms with Crippen LogP contribution in [0.25, 0.3) is 11.2 Å². The predicted octanol–water partition coefficient (Wildman–Crippen LogP) is 7.57. The maximum atomic E-state index is 6.32. The van der Waals surface area contributed by atoms with Gasteiger partial charge in [-0.1, -0.05) is 31.5 Å². The molecule has 1 fully saturated rings. The third kappa shape index (κ3) is 5.23. The number of halogens is 2. The summed E-state index contributed by atoms with van der Waals surface area (Å²) in [5.74, 6) is 1.53. The first-order chi connectivity index (χ1) is 14.6. The van der Waals surface area contributed by atoms with Gasteiger partial charge in [0.1, 0.15) is 16.5 Å². The van der Waals surface area contributed by atoms with Gasteiger partial charge in [0.05, 0.1) is 17.7 Å². The second-order valence-electron chi connectivity index (χ2n) is 6.72. The molecule has 0 aliphatic carbocycles. The summed E-state index contributed by atoms with van der Waals surface area (Å²) in [5.41, 5.74) is 5.02. The van der Waals surface area contributed by atoms with E-state index < -0.39 is 0 Å². The van der Waals surface area contributed by atoms with Crippen LogP contribution in [-0.4, -0.2) is 33.8 Å². The van der Waals surface area contributed by atoms with E-state index in [-0.39, 0.29) is 0 Å². The molecule has 1 N–H and O–H groups in total. The van der Waals surface area contributed by atoms with Gasteiger partial charge in [0, 0.05) is 24.2 Å². The zero-order chi connectivity index (χ0) is 21.7. The number of nitrogens with one attached hydrogen (secondary N) is 1. The Hall–Kier alpha value is -0.600. The predicted molar refractivity (Wildman–Crippen MR) is 141 cm³/mol. The van der Waals surface area contributed by atoms with Gasteiger partial charge in [-0.15, -0.1) is 11.8 Å². The molecule has 162 valence electrons. The van der Waals surface area contributed by atoms with Crippen LogP contribution < -0.4 is 5.32 Å². The molecule has 4 rings (SSSR count). The number of fused-ring (bicyclic) bond motifs is 1. The molecule has 0 spiro atoms. The van der Waals surface area contributed by atoms with E-state index in [9.17, 15) is 0 Å². The Kier molecular flexibility index (Phi) is 9.07. The number of benzene rings is 1. The zero-order valence-electron chi connectivity index (χ0n) is 17.6. The summed E-state index contributed by atoms with van der Waals surface area (Å²) in [6.07, 6.45) is 4.82. The highest BCUT2D eigenvalue weighted by Crippen LogP contribution is 2.38. The fraction of sp³-hybridized carbons (Fsp3) is 0.429. The number of anilines is 2. The van der Waals surface area contributed by atoms with Gasteiger partial charge in [0.15, 0.2) is 5.65 Å². The van der Waals surface area contributed by atoms with Crippen molar-refractivity contribution in [1.82, 2.24) is 14.3 Å². The molecule has 0 saturated carbocycles. The van der Waals surface area contributed by atoms with Gasteiger partial charge < -0.3 is 10.1 Å². The molecule has 3 aromatic rings. The lowest BCUT2D eigenvalue weighted by atomic mass is 9.91. The molecule has 1 saturated heterocycles. The van der Waals surface area contributed by atoms with Crippen LogP contribution in [0.5, 0.6) is 0 Å². The lowest BCUT2D eigenvalue weighted by Gasteiger charge is -2.23. The third-order valence-electron chi connectivity index (χ3n) is 5.02. The number of nitrogens with zero attached hydrogens (tertiary/aromatic N) is 3. The second kappa shape index (κ2) is 11.3. The van der Waals surface area contributed by atoms with E-state index in [4.69, 9.17) is 21.3 Å². The van der Waals surface area contributed by atoms with E-state index in [0.717, 1.165) is 54.4 Å². The van der Waals surface area contributed by atoms with Gasteiger partial charge in [-0.05, 0) is 71.7 Å². The molecular formula is C21H27ClIN4OPS. The first kappa shape index (κ1) is 24.1. The highest BCUT2D eigenvalue weighted by Gasteiger charge is 2.18. The summed E-state index contributed by atoms with van der Waals surface area (Å²) in [5, 5.41) is 4.02. The molecule has 1 aliphatic rings. The highest BCUT2D eigenvalue weighted by molar-refractivity contribution is 14.2. The lowest BCUT2D eigenvalue weighted by Crippen LogP contribution is -2.14. The largest absolute Gasteiger partial charge is 0.381 e. The van der Waals surface area contributed by atoms with Crippen LogP contribution in [0.4, 0.5) is 11.4 Å². The van der Waals surface area contributed by atoms with E-state index in [2.05, 4.69) is 61.1 Å². The third-order valence-corrected chi connectivity index (χ3v) is 8.15. The summed E-state index contributed by atoms with van der Waals surface area (Å²) in [7, 11) is 0. The van der Waals surface area contributed by atoms with Crippen LogP contribution >= 0.6 is 51.8 Å². The molecule has 0 amide bonds. The van der Waals surface area contributed by atoms with Crippen LogP contribution in [0.2, 0.25) is 5.15 Å². The molecule has 2 aromatic heterocycles. The van der Waals surface area contributed by atoms with Crippen LogP contribution in [0.15, 0.2) is 29.2 Å². The average molecular weight is 577 g/mol. The van der Waals surface area contributed by atoms with Crippen molar-refractivity contribution in [3.8, 4) is 0 Å². The van der Waals surface area contributed by atoms with Gasteiger partial charge in [-0.2, -0.15) is 0 Å². The molecule has 5 nitrogen and oxygen atoms in total. The summed E-state index contributed by atoms with van der Waals surface area (Å²) < 4.78 is 7.60. The Balaban J connectivity index is 0.00000124. The van der Waals surface area contributed by atoms with Crippen LogP contribution in [0.1, 0.15) is 44.0 Å². The minimum Gasteiger partial charge on any atom is -0.381 e. The quantitative estimate of drug-likeness (QED) is 0.147. The van der Waals surface area contributed by atoms with Crippen molar-refractivity contribution in [1.29, 1.82) is 0 Å². The van der Waals surface area contributed by atoms with Crippen molar-refractivity contribution in [2.24, 2.45) is 0 Å². The topological polar surface area (TPSA) is 52.0 Å². The van der Waals surface area contributed by atoms with Crippen molar-refractivity contribution < 1.29 is 4.74 Å². The fourth-order valence-electron chi connectivity index (χ4n) is 3.56. The molecule has 30 heavy (non-hydrogen) atoms. The van der Waals surface area contributed by atoms with Gasteiger partial charge in [-0.25, -0.2) is 9.97 Å². The number of pyridine rings is 1. The number of hydrogen-bond donors (Lipinski definition) is 1. The zero-order valence-corrected chi connectivity index (χ0v) is 22.4. The molecule has 0 radical (unpaired) electrons. The SMILES string of the molecule is CC.CSc1cc(C2CCOCC2)ccc1Nc1cc(Cl)nc2c1nc(C)n2PI. The van der Waals surface area contributed by atoms with Gasteiger partial charge in [0.2, 0.25) is 0 Å². The van der Waals surface area contributed by atoms with Gasteiger partial charge in [-0.3, -0.25) is 4.34 Å². The summed E-state index contributed by atoms with van der Waals surface area (Å²) in [6, 6.07) is 8.56. The molecule has 1 atom stereocenters. The normalized spacial score (nSPS) is 14.9. The van der Waals surface area contributed by atoms with E-state index >= 15 is 0 Å². The summed E-state index contributed by atoms with van der Waals surface area (Å²) >= 11 is 10.4. The Labute approximate surface area is 202 Å². The Bertz CT molecular complexity index is 1010. The number of rotatable bonds is 5. The van der Waals surface area contributed by atoms with Crippen molar-refractivity contribution in [2.75, 3.05) is 24.8 Å². The fourth-order valence-corrected chi connectivity index (χ4v) is 6.49. The standard InChI is InChI=1S/C19H21ClIN4OPS.C2H6/c1-11-22-18-15(10-17(20)24-19(18)25(11)27-21)23-14-4-3-13(9-16(14)28-2)12-5-7-26-8-6-12;1-2/h3-4,9-10,12,27H,5-8H2,1-2H3,(H,23,24);1-2H3. The van der Waals surface area contributed by atoms with E-state index in [1.807, 2.05) is 26.8 Å². The summed E-state index contributed by atoms with van der Waals surface area (Å²) in [4.78, 5) is 10.4. The highest BCUT2D eigenvalue weighted by atomic mass is 127. The second-order valence-corrected chi connectivity index (χ2v) is 10.0. The van der Waals surface area contributed by atoms with Crippen molar-refractivity contribution >= 4 is 74.3 Å². The van der Waals surface area contributed by atoms with E-state index in [0.29, 0.717) is 17.4 Å². The summed E-state index contributed by atoms with van der Waals surface area (Å²) in [6.45, 7) is 7.71. The molecule has 1 unspecified atom stereocenters. The smallest absolute Gasteiger partial charge is 0.167 e. The molecule has 1 aliphatic heterocycles. The van der Waals surface area contributed by atoms with Crippen LogP contribution in [0, 0.1) is 6.92 Å². The first-order valence-corrected chi connectivity index (χ1v) is 15.7.